The summed E-state index contributed by atoms with van der Waals surface area (Å²) in [7, 11) is 1.09. The Labute approximate surface area is 82.3 Å². The number of alkyl halides is 2. The van der Waals surface area contributed by atoms with E-state index >= 15 is 0 Å². The Hall–Kier alpha value is -1.92. The topological polar surface area (TPSA) is 79.4 Å². The predicted molar refractivity (Wildman–Crippen MR) is 45.5 cm³/mol. The van der Waals surface area contributed by atoms with Crippen molar-refractivity contribution in [3.63, 3.8) is 0 Å². The number of halogens is 2. The molecule has 0 atom stereocenters. The second-order valence-corrected chi connectivity index (χ2v) is 2.60. The number of ether oxygens (including phenoxy) is 1. The van der Waals surface area contributed by atoms with Gasteiger partial charge in [0.25, 0.3) is 12.0 Å². The molecule has 5 nitrogen and oxygen atoms in total. The number of aromatic amines is 1. The van der Waals surface area contributed by atoms with Crippen LogP contribution in [0.15, 0.2) is 10.9 Å². The molecule has 7 heteroatoms. The van der Waals surface area contributed by atoms with Gasteiger partial charge in [-0.05, 0) is 0 Å². The van der Waals surface area contributed by atoms with Gasteiger partial charge in [-0.1, -0.05) is 0 Å². The number of hydrogen-bond donors (Lipinski definition) is 2. The molecule has 1 aromatic heterocycles. The van der Waals surface area contributed by atoms with Crippen LogP contribution in [0.2, 0.25) is 0 Å². The summed E-state index contributed by atoms with van der Waals surface area (Å²) in [6, 6.07) is 0.787. The molecule has 0 unspecified atom stereocenters. The van der Waals surface area contributed by atoms with Gasteiger partial charge in [0.1, 0.15) is 5.75 Å². The second kappa shape index (κ2) is 4.07. The van der Waals surface area contributed by atoms with Gasteiger partial charge >= 0.3 is 5.97 Å². The molecule has 1 rings (SSSR count). The van der Waals surface area contributed by atoms with Crippen molar-refractivity contribution in [2.45, 2.75) is 6.43 Å². The van der Waals surface area contributed by atoms with Gasteiger partial charge in [0.2, 0.25) is 0 Å². The highest BCUT2D eigenvalue weighted by Gasteiger charge is 2.20. The third-order valence-electron chi connectivity index (χ3n) is 1.69. The van der Waals surface area contributed by atoms with E-state index < -0.39 is 29.2 Å². The van der Waals surface area contributed by atoms with E-state index in [0.29, 0.717) is 0 Å². The molecule has 0 bridgehead atoms. The SMILES string of the molecule is COc1cc(C(F)F)[nH]c(=O)c1C(=O)O. The maximum atomic E-state index is 12.2. The number of pyridine rings is 1. The van der Waals surface area contributed by atoms with Crippen molar-refractivity contribution in [1.29, 1.82) is 0 Å². The van der Waals surface area contributed by atoms with Crippen LogP contribution in [0.4, 0.5) is 8.78 Å². The van der Waals surface area contributed by atoms with Gasteiger partial charge in [0, 0.05) is 6.07 Å². The van der Waals surface area contributed by atoms with E-state index in [2.05, 4.69) is 4.74 Å². The Kier molecular flexibility index (Phi) is 3.03. The van der Waals surface area contributed by atoms with E-state index in [0.717, 1.165) is 13.2 Å². The van der Waals surface area contributed by atoms with Crippen molar-refractivity contribution in [1.82, 2.24) is 4.98 Å². The van der Waals surface area contributed by atoms with Crippen molar-refractivity contribution >= 4 is 5.97 Å². The molecular formula is C8H7F2NO4. The van der Waals surface area contributed by atoms with Crippen LogP contribution in [-0.4, -0.2) is 23.2 Å². The third-order valence-corrected chi connectivity index (χ3v) is 1.69. The van der Waals surface area contributed by atoms with Crippen LogP contribution in [0.1, 0.15) is 22.5 Å². The maximum Gasteiger partial charge on any atom is 0.345 e. The highest BCUT2D eigenvalue weighted by atomic mass is 19.3. The van der Waals surface area contributed by atoms with E-state index in [1.807, 2.05) is 0 Å². The van der Waals surface area contributed by atoms with Crippen molar-refractivity contribution in [2.75, 3.05) is 7.11 Å². The van der Waals surface area contributed by atoms with Crippen LogP contribution >= 0.6 is 0 Å². The minimum Gasteiger partial charge on any atom is -0.496 e. The molecule has 0 amide bonds. The summed E-state index contributed by atoms with van der Waals surface area (Å²) in [4.78, 5) is 23.5. The quantitative estimate of drug-likeness (QED) is 0.795. The Balaban J connectivity index is 3.44. The molecule has 1 aromatic rings. The van der Waals surface area contributed by atoms with Crippen molar-refractivity contribution in [3.05, 3.63) is 27.7 Å². The lowest BCUT2D eigenvalue weighted by molar-refractivity contribution is 0.0690. The van der Waals surface area contributed by atoms with Crippen LogP contribution in [0, 0.1) is 0 Å². The zero-order chi connectivity index (χ0) is 11.6. The lowest BCUT2D eigenvalue weighted by Crippen LogP contribution is -2.20. The summed E-state index contributed by atoms with van der Waals surface area (Å²) in [5, 5.41) is 8.62. The normalized spacial score (nSPS) is 10.4. The first-order valence-corrected chi connectivity index (χ1v) is 3.80. The molecule has 0 saturated heterocycles. The van der Waals surface area contributed by atoms with Gasteiger partial charge in [0.15, 0.2) is 5.56 Å². The first-order valence-electron chi connectivity index (χ1n) is 3.80. The molecular weight excluding hydrogens is 212 g/mol. The van der Waals surface area contributed by atoms with Crippen LogP contribution in [0.5, 0.6) is 5.75 Å². The number of nitrogens with one attached hydrogen (secondary N) is 1. The molecule has 15 heavy (non-hydrogen) atoms. The van der Waals surface area contributed by atoms with Crippen LogP contribution in [0.25, 0.3) is 0 Å². The lowest BCUT2D eigenvalue weighted by atomic mass is 10.2. The number of H-pyrrole nitrogens is 1. The van der Waals surface area contributed by atoms with Gasteiger partial charge in [-0.15, -0.1) is 0 Å². The summed E-state index contributed by atoms with van der Waals surface area (Å²) in [5.74, 6) is -1.92. The molecule has 0 radical (unpaired) electrons. The first-order chi connectivity index (χ1) is 6.97. The minimum absolute atomic E-state index is 0.387. The number of carbonyl (C=O) groups is 1. The fraction of sp³-hybridized carbons (Fsp3) is 0.250. The van der Waals surface area contributed by atoms with Crippen molar-refractivity contribution in [3.8, 4) is 5.75 Å². The van der Waals surface area contributed by atoms with E-state index in [4.69, 9.17) is 5.11 Å². The molecule has 0 aliphatic heterocycles. The number of carboxylic acids is 1. The summed E-state index contributed by atoms with van der Waals surface area (Å²) >= 11 is 0. The lowest BCUT2D eigenvalue weighted by Gasteiger charge is -2.06. The Morgan fingerprint density at radius 3 is 2.60 bits per heavy atom. The summed E-state index contributed by atoms with van der Waals surface area (Å²) < 4.78 is 29.0. The number of carboxylic acid groups (broad SMARTS) is 1. The first kappa shape index (κ1) is 11.2. The summed E-state index contributed by atoms with van der Waals surface area (Å²) in [6.07, 6.45) is -2.89. The number of aromatic carboxylic acids is 1. The number of aromatic nitrogens is 1. The third kappa shape index (κ3) is 2.12. The molecule has 2 N–H and O–H groups in total. The molecule has 0 aliphatic rings. The molecule has 1 heterocycles. The maximum absolute atomic E-state index is 12.2. The predicted octanol–water partition coefficient (Wildman–Crippen LogP) is 1.02. The Morgan fingerprint density at radius 1 is 1.60 bits per heavy atom. The zero-order valence-electron chi connectivity index (χ0n) is 7.58. The highest BCUT2D eigenvalue weighted by Crippen LogP contribution is 2.21. The summed E-state index contributed by atoms with van der Waals surface area (Å²) in [6.45, 7) is 0. The zero-order valence-corrected chi connectivity index (χ0v) is 7.58. The van der Waals surface area contributed by atoms with E-state index in [9.17, 15) is 18.4 Å². The van der Waals surface area contributed by atoms with Crippen molar-refractivity contribution < 1.29 is 23.4 Å². The fourth-order valence-electron chi connectivity index (χ4n) is 1.04. The molecule has 0 aromatic carbocycles. The van der Waals surface area contributed by atoms with Gasteiger partial charge in [-0.3, -0.25) is 4.79 Å². The summed E-state index contributed by atoms with van der Waals surface area (Å²) in [5.41, 5.74) is -2.49. The number of rotatable bonds is 3. The minimum atomic E-state index is -2.89. The monoisotopic (exact) mass is 219 g/mol. The average Bonchev–Trinajstić information content (AvgIpc) is 2.15. The van der Waals surface area contributed by atoms with E-state index in [-0.39, 0.29) is 5.75 Å². The van der Waals surface area contributed by atoms with E-state index in [1.54, 1.807) is 4.98 Å². The number of hydrogen-bond acceptors (Lipinski definition) is 3. The molecule has 0 fully saturated rings. The second-order valence-electron chi connectivity index (χ2n) is 2.60. The van der Waals surface area contributed by atoms with Gasteiger partial charge in [0.05, 0.1) is 12.8 Å². The van der Waals surface area contributed by atoms with Gasteiger partial charge in [-0.2, -0.15) is 0 Å². The van der Waals surface area contributed by atoms with Crippen LogP contribution in [0.3, 0.4) is 0 Å². The van der Waals surface area contributed by atoms with E-state index in [1.165, 1.54) is 0 Å². The smallest absolute Gasteiger partial charge is 0.345 e. The molecule has 0 spiro atoms. The molecule has 0 saturated carbocycles. The average molecular weight is 219 g/mol. The molecule has 0 aliphatic carbocycles. The highest BCUT2D eigenvalue weighted by molar-refractivity contribution is 5.90. The van der Waals surface area contributed by atoms with Crippen LogP contribution in [-0.2, 0) is 0 Å². The Morgan fingerprint density at radius 2 is 2.20 bits per heavy atom. The number of methoxy groups -OCH3 is 1. The van der Waals surface area contributed by atoms with Gasteiger partial charge in [-0.25, -0.2) is 13.6 Å². The molecule has 82 valence electrons. The van der Waals surface area contributed by atoms with Crippen molar-refractivity contribution in [2.24, 2.45) is 0 Å². The van der Waals surface area contributed by atoms with Crippen LogP contribution < -0.4 is 10.3 Å². The standard InChI is InChI=1S/C8H7F2NO4/c1-15-4-2-3(6(9)10)11-7(12)5(4)8(13)14/h2,6H,1H3,(H,11,12)(H,13,14). The largest absolute Gasteiger partial charge is 0.496 e. The van der Waals surface area contributed by atoms with Gasteiger partial charge < -0.3 is 14.8 Å². The fourth-order valence-corrected chi connectivity index (χ4v) is 1.04. The Bertz CT molecular complexity index is 441.